The van der Waals surface area contributed by atoms with Gasteiger partial charge >= 0.3 is 6.09 Å². The molecule has 50 heavy (non-hydrogen) atoms. The first-order valence-electron chi connectivity index (χ1n) is 16.5. The van der Waals surface area contributed by atoms with E-state index in [2.05, 4.69) is 17.3 Å². The second kappa shape index (κ2) is 15.7. The molecule has 11 heteroatoms. The van der Waals surface area contributed by atoms with Crippen molar-refractivity contribution in [2.45, 2.75) is 83.9 Å². The Balaban J connectivity index is 1.68. The van der Waals surface area contributed by atoms with Gasteiger partial charge < -0.3 is 19.7 Å². The van der Waals surface area contributed by atoms with Gasteiger partial charge in [-0.1, -0.05) is 56.5 Å². The number of benzene rings is 2. The van der Waals surface area contributed by atoms with Gasteiger partial charge in [-0.25, -0.2) is 4.79 Å². The van der Waals surface area contributed by atoms with Gasteiger partial charge in [0.25, 0.3) is 0 Å². The first kappa shape index (κ1) is 37.8. The number of amides is 3. The Morgan fingerprint density at radius 3 is 2.46 bits per heavy atom. The maximum atomic E-state index is 14.6. The van der Waals surface area contributed by atoms with Crippen molar-refractivity contribution in [2.75, 3.05) is 25.1 Å². The summed E-state index contributed by atoms with van der Waals surface area (Å²) in [5.74, 6) is 2.21. The summed E-state index contributed by atoms with van der Waals surface area (Å²) in [5, 5.41) is 13.1. The molecule has 3 aromatic rings. The van der Waals surface area contributed by atoms with Crippen LogP contribution in [0.2, 0.25) is 5.02 Å². The fourth-order valence-corrected chi connectivity index (χ4v) is 6.10. The summed E-state index contributed by atoms with van der Waals surface area (Å²) < 4.78 is 11.0. The molecule has 0 unspecified atom stereocenters. The van der Waals surface area contributed by atoms with Crippen LogP contribution in [0.4, 0.5) is 10.5 Å². The molecule has 0 aliphatic carbocycles. The van der Waals surface area contributed by atoms with Crippen molar-refractivity contribution in [1.82, 2.24) is 15.2 Å². The van der Waals surface area contributed by atoms with Crippen molar-refractivity contribution in [2.24, 2.45) is 0 Å². The van der Waals surface area contributed by atoms with E-state index in [1.165, 1.54) is 11.9 Å². The number of anilines is 1. The summed E-state index contributed by atoms with van der Waals surface area (Å²) >= 11 is 6.12. The number of carbonyl (C=O) groups is 3. The summed E-state index contributed by atoms with van der Waals surface area (Å²) in [6.07, 6.45) is 7.33. The molecule has 3 amide bonds. The maximum Gasteiger partial charge on any atom is 0.410 e. The van der Waals surface area contributed by atoms with Crippen molar-refractivity contribution >= 4 is 35.2 Å². The monoisotopic (exact) mass is 697 g/mol. The van der Waals surface area contributed by atoms with E-state index < -0.39 is 35.1 Å². The number of nitriles is 1. The van der Waals surface area contributed by atoms with Gasteiger partial charge in [-0.3, -0.25) is 19.5 Å². The van der Waals surface area contributed by atoms with Crippen LogP contribution < -0.4 is 15.0 Å². The number of likely N-dealkylation sites (N-methyl/N-ethyl adjacent to an activating group) is 1. The lowest BCUT2D eigenvalue weighted by atomic mass is 9.91. The Hall–Kier alpha value is -5.06. The fraction of sp³-hybridized carbons (Fsp3) is 0.410. The Kier molecular flexibility index (Phi) is 11.8. The maximum absolute atomic E-state index is 14.6. The number of terminal acetylenes is 1. The number of hydrogen-bond donors (Lipinski definition) is 1. The number of nitrogens with one attached hydrogen (secondary N) is 1. The summed E-state index contributed by atoms with van der Waals surface area (Å²) in [6, 6.07) is 14.6. The van der Waals surface area contributed by atoms with Crippen molar-refractivity contribution < 1.29 is 23.9 Å². The predicted octanol–water partition coefficient (Wildman–Crippen LogP) is 6.21. The number of carbonyl (C=O) groups excluding carboxylic acids is 3. The normalized spacial score (nSPS) is 14.4. The van der Waals surface area contributed by atoms with E-state index in [0.717, 1.165) is 22.4 Å². The molecule has 1 aliphatic rings. The zero-order valence-electron chi connectivity index (χ0n) is 29.7. The quantitative estimate of drug-likeness (QED) is 0.236. The standard InChI is InChI=1S/C39H44ClN5O5/c1-9-17-49-30-15-11-25(12-16-30)19-31(43-35(46)32(10-2)44(8)37(48)50-38(3,4)5)36(47)45-24-39(6,7)34-33(45)20-26(23-42-34)18-27-13-14-29(40)21-28(27)22-41/h1,11-16,20-21,23,31-32H,10,17-19,24H2,2-8H3,(H,43,46)/t31-,32-/m0/s1. The second-order valence-corrected chi connectivity index (χ2v) is 14.5. The van der Waals surface area contributed by atoms with Gasteiger partial charge in [-0.05, 0) is 74.2 Å². The lowest BCUT2D eigenvalue weighted by Gasteiger charge is -2.31. The van der Waals surface area contributed by atoms with E-state index in [-0.39, 0.29) is 18.9 Å². The zero-order chi connectivity index (χ0) is 36.8. The average molecular weight is 698 g/mol. The minimum absolute atomic E-state index is 0.121. The van der Waals surface area contributed by atoms with E-state index in [1.54, 1.807) is 63.1 Å². The average Bonchev–Trinajstić information content (AvgIpc) is 3.33. The van der Waals surface area contributed by atoms with Gasteiger partial charge in [0.1, 0.15) is 30.0 Å². The minimum Gasteiger partial charge on any atom is -0.481 e. The zero-order valence-corrected chi connectivity index (χ0v) is 30.4. The van der Waals surface area contributed by atoms with Crippen molar-refractivity contribution in [3.05, 3.63) is 87.7 Å². The molecule has 4 rings (SSSR count). The fourth-order valence-electron chi connectivity index (χ4n) is 5.93. The van der Waals surface area contributed by atoms with Crippen LogP contribution in [0.3, 0.4) is 0 Å². The number of hydrogen-bond acceptors (Lipinski definition) is 7. The van der Waals surface area contributed by atoms with Crippen LogP contribution in [0, 0.1) is 23.7 Å². The molecule has 2 aromatic carbocycles. The van der Waals surface area contributed by atoms with Crippen LogP contribution in [-0.2, 0) is 32.6 Å². The molecule has 0 saturated heterocycles. The minimum atomic E-state index is -0.993. The van der Waals surface area contributed by atoms with E-state index in [0.29, 0.717) is 41.4 Å². The Morgan fingerprint density at radius 2 is 1.84 bits per heavy atom. The van der Waals surface area contributed by atoms with Gasteiger partial charge in [-0.15, -0.1) is 6.42 Å². The highest BCUT2D eigenvalue weighted by atomic mass is 35.5. The third-order valence-electron chi connectivity index (χ3n) is 8.40. The summed E-state index contributed by atoms with van der Waals surface area (Å²) in [5.41, 5.74) is 3.01. The highest BCUT2D eigenvalue weighted by molar-refractivity contribution is 6.30. The van der Waals surface area contributed by atoms with Crippen LogP contribution in [0.15, 0.2) is 54.7 Å². The number of halogens is 1. The molecule has 0 bridgehead atoms. The van der Waals surface area contributed by atoms with Gasteiger partial charge in [0, 0.05) is 43.1 Å². The molecular formula is C39H44ClN5O5. The molecule has 0 spiro atoms. The van der Waals surface area contributed by atoms with E-state index in [4.69, 9.17) is 32.5 Å². The topological polar surface area (TPSA) is 125 Å². The molecule has 0 saturated carbocycles. The smallest absolute Gasteiger partial charge is 0.410 e. The third-order valence-corrected chi connectivity index (χ3v) is 8.64. The van der Waals surface area contributed by atoms with E-state index in [9.17, 15) is 19.6 Å². The summed E-state index contributed by atoms with van der Waals surface area (Å²) in [6.45, 7) is 11.6. The highest BCUT2D eigenvalue weighted by Gasteiger charge is 2.42. The molecule has 10 nitrogen and oxygen atoms in total. The van der Waals surface area contributed by atoms with Crippen LogP contribution in [0.1, 0.15) is 75.9 Å². The Labute approximate surface area is 299 Å². The van der Waals surface area contributed by atoms with Gasteiger partial charge in [0.2, 0.25) is 11.8 Å². The van der Waals surface area contributed by atoms with Crippen LogP contribution in [-0.4, -0.2) is 65.7 Å². The lowest BCUT2D eigenvalue weighted by Crippen LogP contribution is -2.56. The predicted molar refractivity (Wildman–Crippen MR) is 193 cm³/mol. The van der Waals surface area contributed by atoms with Crippen molar-refractivity contribution in [3.63, 3.8) is 0 Å². The highest BCUT2D eigenvalue weighted by Crippen LogP contribution is 2.40. The number of ether oxygens (including phenoxy) is 2. The number of rotatable bonds is 11. The molecule has 1 aromatic heterocycles. The second-order valence-electron chi connectivity index (χ2n) is 14.0. The van der Waals surface area contributed by atoms with Crippen molar-refractivity contribution in [3.8, 4) is 24.2 Å². The third kappa shape index (κ3) is 9.13. The molecule has 2 heterocycles. The van der Waals surface area contributed by atoms with Crippen LogP contribution >= 0.6 is 11.6 Å². The van der Waals surface area contributed by atoms with Crippen LogP contribution in [0.25, 0.3) is 0 Å². The van der Waals surface area contributed by atoms with E-state index in [1.807, 2.05) is 38.1 Å². The molecule has 0 radical (unpaired) electrons. The molecule has 262 valence electrons. The summed E-state index contributed by atoms with van der Waals surface area (Å²) in [7, 11) is 1.51. The molecule has 0 fully saturated rings. The molecule has 2 atom stereocenters. The van der Waals surface area contributed by atoms with E-state index >= 15 is 0 Å². The van der Waals surface area contributed by atoms with Crippen LogP contribution in [0.5, 0.6) is 5.75 Å². The van der Waals surface area contributed by atoms with Gasteiger partial charge in [0.05, 0.1) is 23.0 Å². The molecule has 1 aliphatic heterocycles. The molecular weight excluding hydrogens is 654 g/mol. The van der Waals surface area contributed by atoms with Crippen molar-refractivity contribution in [1.29, 1.82) is 5.26 Å². The first-order chi connectivity index (χ1) is 23.6. The van der Waals surface area contributed by atoms with Gasteiger partial charge in [-0.2, -0.15) is 5.26 Å². The summed E-state index contributed by atoms with van der Waals surface area (Å²) in [4.78, 5) is 49.1. The first-order valence-corrected chi connectivity index (χ1v) is 16.8. The number of aromatic nitrogens is 1. The van der Waals surface area contributed by atoms with Gasteiger partial charge in [0.15, 0.2) is 0 Å². The molecule has 1 N–H and O–H groups in total. The number of pyridine rings is 1. The number of fused-ring (bicyclic) bond motifs is 1. The SMILES string of the molecule is C#CCOc1ccc(C[C@H](NC(=O)[C@H](CC)N(C)C(=O)OC(C)(C)C)C(=O)N2CC(C)(C)c3ncc(Cc4ccc(Cl)cc4C#N)cc32)cc1. The largest absolute Gasteiger partial charge is 0.481 e. The Morgan fingerprint density at radius 1 is 1.14 bits per heavy atom. The number of nitrogens with zero attached hydrogens (tertiary/aromatic N) is 4. The lowest BCUT2D eigenvalue weighted by molar-refractivity contribution is -0.130. The Bertz CT molecular complexity index is 1820.